The van der Waals surface area contributed by atoms with E-state index in [1.807, 2.05) is 0 Å². The molecule has 0 aromatic carbocycles. The van der Waals surface area contributed by atoms with E-state index in [0.717, 1.165) is 25.9 Å². The van der Waals surface area contributed by atoms with Crippen molar-refractivity contribution in [2.75, 3.05) is 13.1 Å². The van der Waals surface area contributed by atoms with E-state index in [9.17, 15) is 4.79 Å². The predicted octanol–water partition coefficient (Wildman–Crippen LogP) is -0.350. The van der Waals surface area contributed by atoms with Gasteiger partial charge in [-0.15, -0.1) is 0 Å². The van der Waals surface area contributed by atoms with Crippen LogP contribution in [0.25, 0.3) is 0 Å². The fourth-order valence-corrected chi connectivity index (χ4v) is 1.83. The lowest BCUT2D eigenvalue weighted by Gasteiger charge is -2.25. The highest BCUT2D eigenvalue weighted by Crippen LogP contribution is 2.20. The Morgan fingerprint density at radius 2 is 2.17 bits per heavy atom. The Balaban J connectivity index is 1.88. The average molecular weight is 183 g/mol. The third-order valence-corrected chi connectivity index (χ3v) is 2.93. The average Bonchev–Trinajstić information content (AvgIpc) is 2.87. The van der Waals surface area contributed by atoms with Crippen molar-refractivity contribution in [2.24, 2.45) is 5.92 Å². The van der Waals surface area contributed by atoms with Gasteiger partial charge in [-0.2, -0.15) is 0 Å². The first-order valence-corrected chi connectivity index (χ1v) is 4.74. The van der Waals surface area contributed by atoms with Crippen LogP contribution in [0.1, 0.15) is 12.8 Å². The first-order chi connectivity index (χ1) is 5.77. The molecule has 2 aliphatic heterocycles. The summed E-state index contributed by atoms with van der Waals surface area (Å²) < 4.78 is 6.00. The largest absolute Gasteiger partial charge is 0.450 e. The van der Waals surface area contributed by atoms with E-state index in [1.165, 1.54) is 0 Å². The van der Waals surface area contributed by atoms with E-state index in [1.54, 1.807) is 6.21 Å². The number of carbonyl (C=O) groups is 1. The zero-order valence-electron chi connectivity index (χ0n) is 6.86. The van der Waals surface area contributed by atoms with E-state index in [-0.39, 0.29) is 11.7 Å². The molecule has 2 rings (SSSR count). The molecule has 0 spiro atoms. The van der Waals surface area contributed by atoms with Gasteiger partial charge in [0.1, 0.15) is 0 Å². The van der Waals surface area contributed by atoms with Crippen molar-refractivity contribution in [1.29, 1.82) is 0 Å². The number of piperidine rings is 1. The minimum absolute atomic E-state index is 0.235. The quantitative estimate of drug-likeness (QED) is 0.433. The summed E-state index contributed by atoms with van der Waals surface area (Å²) in [4.78, 5) is 11.5. The van der Waals surface area contributed by atoms with Crippen molar-refractivity contribution < 1.29 is 4.79 Å². The summed E-state index contributed by atoms with van der Waals surface area (Å²) in [5.74, 6) is 0.493. The molecule has 1 saturated heterocycles. The fraction of sp³-hybridized carbons (Fsp3) is 0.625. The number of hydrogen-bond donors (Lipinski definition) is 0. The van der Waals surface area contributed by atoms with Gasteiger partial charge in [0.15, 0.2) is 0 Å². The smallest absolute Gasteiger partial charge is 0.287 e. The molecule has 0 saturated carbocycles. The van der Waals surface area contributed by atoms with Crippen LogP contribution in [0, 0.1) is 5.92 Å². The summed E-state index contributed by atoms with van der Waals surface area (Å²) >= 11 is 0. The van der Waals surface area contributed by atoms with Gasteiger partial charge in [-0.25, -0.2) is 0 Å². The van der Waals surface area contributed by atoms with Crippen molar-refractivity contribution in [1.82, 2.24) is 9.34 Å². The van der Waals surface area contributed by atoms with Crippen molar-refractivity contribution in [3.63, 3.8) is 0 Å². The van der Waals surface area contributed by atoms with Gasteiger partial charge < -0.3 is 0 Å². The maximum absolute atomic E-state index is 11.5. The van der Waals surface area contributed by atoms with Crippen molar-refractivity contribution in [3.05, 3.63) is 0 Å². The Morgan fingerprint density at radius 3 is 2.67 bits per heavy atom. The van der Waals surface area contributed by atoms with E-state index >= 15 is 0 Å². The number of ketones is 1. The minimum Gasteiger partial charge on any atom is -0.287 e. The van der Waals surface area contributed by atoms with Crippen LogP contribution in [-0.2, 0) is 4.79 Å². The SMILES string of the molecule is O=C(C1=[N+]=C1)C1CCN(P)CC1. The monoisotopic (exact) mass is 183 g/mol. The molecule has 4 heteroatoms. The maximum atomic E-state index is 11.5. The van der Waals surface area contributed by atoms with E-state index in [2.05, 4.69) is 18.7 Å². The third kappa shape index (κ3) is 1.64. The molecule has 0 bridgehead atoms. The first kappa shape index (κ1) is 8.12. The third-order valence-electron chi connectivity index (χ3n) is 2.41. The molecule has 2 aliphatic rings. The number of carbonyl (C=O) groups excluding carboxylic acids is 1. The van der Waals surface area contributed by atoms with Gasteiger partial charge in [0.25, 0.3) is 5.78 Å². The molecule has 3 nitrogen and oxygen atoms in total. The topological polar surface area (TPSA) is 34.4 Å². The second-order valence-corrected chi connectivity index (χ2v) is 4.05. The van der Waals surface area contributed by atoms with Crippen LogP contribution < -0.4 is 4.67 Å². The molecular weight excluding hydrogens is 171 g/mol. The highest BCUT2D eigenvalue weighted by molar-refractivity contribution is 7.13. The molecule has 0 aromatic heterocycles. The molecule has 1 fully saturated rings. The number of hydrogen-bond acceptors (Lipinski definition) is 2. The van der Waals surface area contributed by atoms with Gasteiger partial charge in [0, 0.05) is 19.0 Å². The summed E-state index contributed by atoms with van der Waals surface area (Å²) in [6.07, 6.45) is 3.62. The summed E-state index contributed by atoms with van der Waals surface area (Å²) in [6, 6.07) is 0. The van der Waals surface area contributed by atoms with Gasteiger partial charge in [0.2, 0.25) is 0 Å². The zero-order chi connectivity index (χ0) is 8.55. The lowest BCUT2D eigenvalue weighted by molar-refractivity contribution is -0.117. The predicted molar refractivity (Wildman–Crippen MR) is 52.2 cm³/mol. The molecule has 0 N–H and O–H groups in total. The Morgan fingerprint density at radius 1 is 1.58 bits per heavy atom. The number of nitrogens with zero attached hydrogens (tertiary/aromatic N) is 2. The minimum atomic E-state index is 0.235. The molecular formula is C8H12N2OP+. The van der Waals surface area contributed by atoms with Crippen LogP contribution in [0.4, 0.5) is 0 Å². The lowest BCUT2D eigenvalue weighted by Crippen LogP contribution is -2.32. The summed E-state index contributed by atoms with van der Waals surface area (Å²) in [5.41, 5.74) is 0.706. The van der Waals surface area contributed by atoms with Crippen LogP contribution in [0.15, 0.2) is 0 Å². The van der Waals surface area contributed by atoms with Crippen LogP contribution in [-0.4, -0.2) is 35.5 Å². The van der Waals surface area contributed by atoms with Crippen molar-refractivity contribution in [2.45, 2.75) is 12.8 Å². The maximum Gasteiger partial charge on any atom is 0.450 e. The Kier molecular flexibility index (Phi) is 2.10. The molecule has 64 valence electrons. The summed E-state index contributed by atoms with van der Waals surface area (Å²) in [6.45, 7) is 2.02. The molecule has 1 unspecified atom stereocenters. The van der Waals surface area contributed by atoms with Crippen LogP contribution in [0.3, 0.4) is 0 Å². The lowest BCUT2D eigenvalue weighted by atomic mass is 9.92. The Hall–Kier alpha value is -0.490. The highest BCUT2D eigenvalue weighted by Gasteiger charge is 2.38. The van der Waals surface area contributed by atoms with Crippen molar-refractivity contribution >= 4 is 27.1 Å². The molecule has 0 radical (unpaired) electrons. The molecule has 0 aromatic rings. The van der Waals surface area contributed by atoms with E-state index in [0.29, 0.717) is 5.71 Å². The first-order valence-electron chi connectivity index (χ1n) is 4.22. The summed E-state index contributed by atoms with van der Waals surface area (Å²) in [5, 5.41) is 0. The molecule has 12 heavy (non-hydrogen) atoms. The Bertz CT molecular complexity index is 273. The zero-order valence-corrected chi connectivity index (χ0v) is 8.02. The second-order valence-electron chi connectivity index (χ2n) is 3.32. The second kappa shape index (κ2) is 3.10. The van der Waals surface area contributed by atoms with Crippen molar-refractivity contribution in [3.8, 4) is 0 Å². The summed E-state index contributed by atoms with van der Waals surface area (Å²) in [7, 11) is 2.68. The molecule has 1 atom stereocenters. The van der Waals surface area contributed by atoms with Gasteiger partial charge in [0.05, 0.1) is 0 Å². The molecule has 0 amide bonds. The normalized spacial score (nSPS) is 23.9. The van der Waals surface area contributed by atoms with Gasteiger partial charge in [-0.05, 0) is 12.8 Å². The fourth-order valence-electron chi connectivity index (χ4n) is 1.53. The van der Waals surface area contributed by atoms with Crippen LogP contribution in [0.5, 0.6) is 0 Å². The van der Waals surface area contributed by atoms with Crippen LogP contribution >= 0.6 is 9.39 Å². The van der Waals surface area contributed by atoms with Gasteiger partial charge in [-0.1, -0.05) is 14.1 Å². The van der Waals surface area contributed by atoms with E-state index < -0.39 is 0 Å². The number of rotatable bonds is 2. The molecule has 0 aliphatic carbocycles. The highest BCUT2D eigenvalue weighted by atomic mass is 31.0. The standard InChI is InChI=1S/C8H12N2OP/c11-8(7-5-9-7)6-1-3-10(12)4-2-6/h5-6H,1-4,12H2/q+1. The van der Waals surface area contributed by atoms with Crippen LogP contribution in [0.2, 0.25) is 0 Å². The molecule has 2 heterocycles. The van der Waals surface area contributed by atoms with E-state index in [4.69, 9.17) is 0 Å². The van der Waals surface area contributed by atoms with Gasteiger partial charge in [-0.3, -0.25) is 9.46 Å². The van der Waals surface area contributed by atoms with Gasteiger partial charge >= 0.3 is 11.9 Å². The Labute approximate surface area is 73.8 Å². The number of Topliss-reactive ketones (excluding diaryl/α,β-unsaturated/α-hetero) is 1.